The number of nitrogens with zero attached hydrogens (tertiary/aromatic N) is 2. The van der Waals surface area contributed by atoms with E-state index in [0.29, 0.717) is 17.5 Å². The van der Waals surface area contributed by atoms with Crippen LogP contribution < -0.4 is 0 Å². The second-order valence-electron chi connectivity index (χ2n) is 8.86. The number of ether oxygens (including phenoxy) is 1. The highest BCUT2D eigenvalue weighted by Gasteiger charge is 2.34. The molecule has 176 valence electrons. The molecule has 33 heavy (non-hydrogen) atoms. The Labute approximate surface area is 191 Å². The summed E-state index contributed by atoms with van der Waals surface area (Å²) in [6.07, 6.45) is 2.57. The summed E-state index contributed by atoms with van der Waals surface area (Å²) in [6, 6.07) is 6.97. The SMILES string of the molecule is CC(C)(C)OC(=O)n1ccc2cc(CN(Sc3c(F)c(F)c(F)c(F)c3F)C3CC3)ccc21. The predicted molar refractivity (Wildman–Crippen MR) is 114 cm³/mol. The Morgan fingerprint density at radius 3 is 2.21 bits per heavy atom. The molecule has 0 aliphatic heterocycles. The molecule has 0 amide bonds. The van der Waals surface area contributed by atoms with Crippen molar-refractivity contribution in [3.63, 3.8) is 0 Å². The molecule has 0 N–H and O–H groups in total. The molecule has 1 aromatic heterocycles. The molecule has 4 rings (SSSR count). The van der Waals surface area contributed by atoms with Crippen molar-refractivity contribution in [2.75, 3.05) is 0 Å². The first-order valence-corrected chi connectivity index (χ1v) is 11.0. The van der Waals surface area contributed by atoms with Crippen molar-refractivity contribution >= 4 is 28.9 Å². The van der Waals surface area contributed by atoms with Gasteiger partial charge >= 0.3 is 6.09 Å². The van der Waals surface area contributed by atoms with Crippen LogP contribution in [0.2, 0.25) is 0 Å². The molecule has 1 heterocycles. The second-order valence-corrected chi connectivity index (χ2v) is 9.92. The van der Waals surface area contributed by atoms with Crippen LogP contribution >= 0.6 is 11.9 Å². The van der Waals surface area contributed by atoms with Gasteiger partial charge in [0.2, 0.25) is 5.82 Å². The van der Waals surface area contributed by atoms with Gasteiger partial charge in [-0.05, 0) is 69.3 Å². The van der Waals surface area contributed by atoms with Gasteiger partial charge in [0.1, 0.15) is 10.5 Å². The van der Waals surface area contributed by atoms with Gasteiger partial charge < -0.3 is 4.74 Å². The van der Waals surface area contributed by atoms with Gasteiger partial charge in [-0.2, -0.15) is 0 Å². The molecule has 0 radical (unpaired) electrons. The Kier molecular flexibility index (Phi) is 6.17. The molecule has 0 saturated heterocycles. The van der Waals surface area contributed by atoms with Crippen molar-refractivity contribution < 1.29 is 31.5 Å². The third-order valence-electron chi connectivity index (χ3n) is 5.02. The van der Waals surface area contributed by atoms with Crippen molar-refractivity contribution in [1.29, 1.82) is 0 Å². The smallest absolute Gasteiger partial charge is 0.418 e. The van der Waals surface area contributed by atoms with E-state index in [0.717, 1.165) is 23.8 Å². The maximum atomic E-state index is 14.2. The molecule has 1 aliphatic rings. The van der Waals surface area contributed by atoms with Crippen LogP contribution in [0.15, 0.2) is 35.4 Å². The quantitative estimate of drug-likeness (QED) is 0.173. The summed E-state index contributed by atoms with van der Waals surface area (Å²) in [5, 5.41) is 0.746. The molecule has 1 saturated carbocycles. The summed E-state index contributed by atoms with van der Waals surface area (Å²) in [7, 11) is 0. The minimum Gasteiger partial charge on any atom is -0.443 e. The lowest BCUT2D eigenvalue weighted by atomic mass is 10.1. The van der Waals surface area contributed by atoms with Crippen molar-refractivity contribution in [2.24, 2.45) is 0 Å². The van der Waals surface area contributed by atoms with E-state index in [2.05, 4.69) is 0 Å². The van der Waals surface area contributed by atoms with E-state index < -0.39 is 45.7 Å². The summed E-state index contributed by atoms with van der Waals surface area (Å²) in [5.41, 5.74) is 0.727. The van der Waals surface area contributed by atoms with Crippen LogP contribution in [0.4, 0.5) is 26.7 Å². The zero-order chi connectivity index (χ0) is 24.1. The van der Waals surface area contributed by atoms with E-state index in [1.165, 1.54) is 4.57 Å². The number of carbonyl (C=O) groups is 1. The third kappa shape index (κ3) is 4.86. The van der Waals surface area contributed by atoms with Crippen LogP contribution in [0.1, 0.15) is 39.2 Å². The minimum absolute atomic E-state index is 0.0490. The topological polar surface area (TPSA) is 34.5 Å². The van der Waals surface area contributed by atoms with E-state index in [9.17, 15) is 26.7 Å². The van der Waals surface area contributed by atoms with Crippen LogP contribution in [-0.2, 0) is 11.3 Å². The van der Waals surface area contributed by atoms with Gasteiger partial charge in [-0.1, -0.05) is 6.07 Å². The van der Waals surface area contributed by atoms with Gasteiger partial charge in [0.05, 0.1) is 5.52 Å². The molecule has 4 nitrogen and oxygen atoms in total. The maximum absolute atomic E-state index is 14.2. The normalized spacial score (nSPS) is 14.3. The number of hydrogen-bond acceptors (Lipinski definition) is 4. The molecule has 3 aromatic rings. The fourth-order valence-corrected chi connectivity index (χ4v) is 4.47. The van der Waals surface area contributed by atoms with Crippen molar-refractivity contribution in [2.45, 2.75) is 56.7 Å². The second kappa shape index (κ2) is 8.64. The highest BCUT2D eigenvalue weighted by atomic mass is 32.2. The van der Waals surface area contributed by atoms with Crippen LogP contribution in [-0.4, -0.2) is 26.6 Å². The predicted octanol–water partition coefficient (Wildman–Crippen LogP) is 6.79. The Bertz CT molecular complexity index is 1200. The number of carbonyl (C=O) groups excluding carboxylic acids is 1. The largest absolute Gasteiger partial charge is 0.443 e. The molecule has 0 spiro atoms. The number of rotatable bonds is 5. The first-order valence-electron chi connectivity index (χ1n) is 10.3. The molecule has 1 aliphatic carbocycles. The first kappa shape index (κ1) is 23.6. The highest BCUT2D eigenvalue weighted by molar-refractivity contribution is 7.97. The molecule has 0 bridgehead atoms. The van der Waals surface area contributed by atoms with Crippen molar-refractivity contribution in [1.82, 2.24) is 8.87 Å². The van der Waals surface area contributed by atoms with E-state index >= 15 is 0 Å². The summed E-state index contributed by atoms with van der Waals surface area (Å²) in [6.45, 7) is 5.51. The molecule has 0 atom stereocenters. The number of halogens is 5. The summed E-state index contributed by atoms with van der Waals surface area (Å²) < 4.78 is 77.3. The fraction of sp³-hybridized carbons (Fsp3) is 0.348. The summed E-state index contributed by atoms with van der Waals surface area (Å²) in [4.78, 5) is 11.5. The summed E-state index contributed by atoms with van der Waals surface area (Å²) >= 11 is 0.524. The van der Waals surface area contributed by atoms with E-state index in [1.54, 1.807) is 49.5 Å². The average Bonchev–Trinajstić information content (AvgIpc) is 3.50. The molecule has 0 unspecified atom stereocenters. The van der Waals surface area contributed by atoms with Gasteiger partial charge in [-0.15, -0.1) is 0 Å². The Morgan fingerprint density at radius 2 is 1.64 bits per heavy atom. The average molecular weight is 484 g/mol. The van der Waals surface area contributed by atoms with Crippen LogP contribution in [0.25, 0.3) is 10.9 Å². The number of fused-ring (bicyclic) bond motifs is 1. The summed E-state index contributed by atoms with van der Waals surface area (Å²) in [5.74, 6) is -9.78. The zero-order valence-electron chi connectivity index (χ0n) is 18.1. The molecular weight excluding hydrogens is 463 g/mol. The van der Waals surface area contributed by atoms with E-state index in [4.69, 9.17) is 4.74 Å². The van der Waals surface area contributed by atoms with Crippen LogP contribution in [0, 0.1) is 29.1 Å². The van der Waals surface area contributed by atoms with E-state index in [-0.39, 0.29) is 12.6 Å². The lowest BCUT2D eigenvalue weighted by molar-refractivity contribution is 0.0544. The highest BCUT2D eigenvalue weighted by Crippen LogP contribution is 2.40. The van der Waals surface area contributed by atoms with Crippen LogP contribution in [0.5, 0.6) is 0 Å². The monoisotopic (exact) mass is 484 g/mol. The van der Waals surface area contributed by atoms with Crippen LogP contribution in [0.3, 0.4) is 0 Å². The zero-order valence-corrected chi connectivity index (χ0v) is 18.9. The Hall–Kier alpha value is -2.59. The molecule has 1 fully saturated rings. The molecular formula is C23H21F5N2O2S. The Balaban J connectivity index is 1.59. The van der Waals surface area contributed by atoms with Gasteiger partial charge in [0.25, 0.3) is 0 Å². The number of hydrogen-bond donors (Lipinski definition) is 0. The first-order chi connectivity index (χ1) is 15.5. The lowest BCUT2D eigenvalue weighted by Gasteiger charge is -2.22. The fourth-order valence-electron chi connectivity index (χ4n) is 3.32. The Morgan fingerprint density at radius 1 is 1.03 bits per heavy atom. The molecule has 10 heteroatoms. The number of aromatic nitrogens is 1. The van der Waals surface area contributed by atoms with Gasteiger partial charge in [-0.25, -0.2) is 31.1 Å². The van der Waals surface area contributed by atoms with Crippen molar-refractivity contribution in [3.05, 3.63) is 65.1 Å². The minimum atomic E-state index is -2.17. The standard InChI is InChI=1S/C23H21F5N2O2S/c1-23(2,3)32-22(31)29-9-8-13-10-12(4-7-15(13)29)11-30(14-5-6-14)33-21-19(27)17(25)16(24)18(26)20(21)28/h4,7-10,14H,5-6,11H2,1-3H3. The van der Waals surface area contributed by atoms with Crippen molar-refractivity contribution in [3.8, 4) is 0 Å². The lowest BCUT2D eigenvalue weighted by Crippen LogP contribution is -2.26. The third-order valence-corrected chi connectivity index (χ3v) is 6.22. The maximum Gasteiger partial charge on any atom is 0.418 e. The van der Waals surface area contributed by atoms with Gasteiger partial charge in [0, 0.05) is 24.2 Å². The van der Waals surface area contributed by atoms with E-state index in [1.807, 2.05) is 6.07 Å². The van der Waals surface area contributed by atoms with Gasteiger partial charge in [0.15, 0.2) is 23.3 Å². The molecule has 2 aromatic carbocycles. The number of benzene rings is 2. The van der Waals surface area contributed by atoms with Gasteiger partial charge in [-0.3, -0.25) is 4.57 Å².